The Morgan fingerprint density at radius 3 is 2.48 bits per heavy atom. The number of fused-ring (bicyclic) bond motifs is 1. The van der Waals surface area contributed by atoms with E-state index < -0.39 is 5.60 Å². The molecule has 0 fully saturated rings. The lowest BCUT2D eigenvalue weighted by molar-refractivity contribution is 0.0242. The molecule has 1 heterocycles. The van der Waals surface area contributed by atoms with Gasteiger partial charge in [0, 0.05) is 11.0 Å². The molecule has 0 aliphatic carbocycles. The Bertz CT molecular complexity index is 735. The molecule has 120 valence electrons. The highest BCUT2D eigenvalue weighted by molar-refractivity contribution is 9.10. The van der Waals surface area contributed by atoms with Gasteiger partial charge < -0.3 is 4.74 Å². The number of ether oxygens (including phenoxy) is 1. The van der Waals surface area contributed by atoms with Gasteiger partial charge >= 0.3 is 6.09 Å². The molecule has 0 aromatic heterocycles. The first-order valence-corrected chi connectivity index (χ1v) is 8.47. The molecule has 3 nitrogen and oxygen atoms in total. The molecule has 0 spiro atoms. The number of benzene rings is 2. The number of rotatable bonds is 1. The maximum absolute atomic E-state index is 12.4. The van der Waals surface area contributed by atoms with Crippen LogP contribution in [0.15, 0.2) is 46.9 Å². The van der Waals surface area contributed by atoms with Gasteiger partial charge in [-0.3, -0.25) is 4.90 Å². The topological polar surface area (TPSA) is 29.5 Å². The third-order valence-corrected chi connectivity index (χ3v) is 4.21. The summed E-state index contributed by atoms with van der Waals surface area (Å²) in [6.45, 7) is 6.84. The smallest absolute Gasteiger partial charge is 0.410 e. The maximum atomic E-state index is 12.4. The molecule has 0 bridgehead atoms. The van der Waals surface area contributed by atoms with E-state index in [4.69, 9.17) is 4.74 Å². The Morgan fingerprint density at radius 2 is 1.83 bits per heavy atom. The molecule has 1 aliphatic rings. The van der Waals surface area contributed by atoms with E-state index in [1.807, 2.05) is 39.0 Å². The normalized spacial score (nSPS) is 13.8. The maximum Gasteiger partial charge on any atom is 0.410 e. The zero-order chi connectivity index (χ0) is 16.6. The monoisotopic (exact) mass is 373 g/mol. The third kappa shape index (κ3) is 3.58. The van der Waals surface area contributed by atoms with E-state index in [1.54, 1.807) is 4.90 Å². The summed E-state index contributed by atoms with van der Waals surface area (Å²) >= 11 is 3.58. The molecule has 0 N–H and O–H groups in total. The Hall–Kier alpha value is -1.81. The Morgan fingerprint density at radius 1 is 1.13 bits per heavy atom. The average Bonchev–Trinajstić information content (AvgIpc) is 2.89. The van der Waals surface area contributed by atoms with Crippen LogP contribution >= 0.6 is 15.9 Å². The second kappa shape index (κ2) is 6.00. The molecule has 3 rings (SSSR count). The molecule has 0 saturated carbocycles. The van der Waals surface area contributed by atoms with Crippen molar-refractivity contribution in [1.82, 2.24) is 4.90 Å². The molecule has 4 heteroatoms. The van der Waals surface area contributed by atoms with Crippen LogP contribution < -0.4 is 0 Å². The van der Waals surface area contributed by atoms with Crippen LogP contribution in [0, 0.1) is 0 Å². The summed E-state index contributed by atoms with van der Waals surface area (Å²) in [5.41, 5.74) is 4.22. The minimum Gasteiger partial charge on any atom is -0.444 e. The fourth-order valence-electron chi connectivity index (χ4n) is 2.80. The molecule has 0 unspecified atom stereocenters. The van der Waals surface area contributed by atoms with E-state index in [-0.39, 0.29) is 6.09 Å². The Balaban J connectivity index is 1.92. The largest absolute Gasteiger partial charge is 0.444 e. The minimum absolute atomic E-state index is 0.260. The van der Waals surface area contributed by atoms with E-state index >= 15 is 0 Å². The van der Waals surface area contributed by atoms with Crippen LogP contribution in [0.5, 0.6) is 0 Å². The summed E-state index contributed by atoms with van der Waals surface area (Å²) in [7, 11) is 0. The molecule has 23 heavy (non-hydrogen) atoms. The molecule has 2 aromatic rings. The van der Waals surface area contributed by atoms with Gasteiger partial charge in [-0.15, -0.1) is 0 Å². The van der Waals surface area contributed by atoms with E-state index in [9.17, 15) is 4.79 Å². The fourth-order valence-corrected chi connectivity index (χ4v) is 3.31. The van der Waals surface area contributed by atoms with E-state index in [0.717, 1.165) is 10.0 Å². The molecule has 0 saturated heterocycles. The lowest BCUT2D eigenvalue weighted by atomic mass is 9.97. The van der Waals surface area contributed by atoms with Gasteiger partial charge in [0.05, 0.1) is 6.54 Å². The first-order chi connectivity index (χ1) is 10.8. The summed E-state index contributed by atoms with van der Waals surface area (Å²) in [6, 6.07) is 14.5. The number of carbonyl (C=O) groups excluding carboxylic acids is 1. The van der Waals surface area contributed by atoms with Crippen LogP contribution in [0.2, 0.25) is 0 Å². The minimum atomic E-state index is -0.477. The van der Waals surface area contributed by atoms with Crippen molar-refractivity contribution < 1.29 is 9.53 Å². The van der Waals surface area contributed by atoms with E-state index in [2.05, 4.69) is 40.2 Å². The molecule has 1 amide bonds. The van der Waals surface area contributed by atoms with E-state index in [1.165, 1.54) is 16.7 Å². The standard InChI is InChI=1S/C19H20BrNO2/c1-19(2,3)23-18(22)21-11-14-9-15(20)10-16(17(14)12-21)13-7-5-4-6-8-13/h4-10H,11-12H2,1-3H3. The number of halogens is 1. The molecule has 1 aliphatic heterocycles. The average molecular weight is 374 g/mol. The Labute approximate surface area is 145 Å². The van der Waals surface area contributed by atoms with Crippen molar-refractivity contribution in [3.8, 4) is 11.1 Å². The van der Waals surface area contributed by atoms with Crippen LogP contribution in [0.4, 0.5) is 4.79 Å². The van der Waals surface area contributed by atoms with Gasteiger partial charge in [0.25, 0.3) is 0 Å². The molecule has 0 radical (unpaired) electrons. The van der Waals surface area contributed by atoms with E-state index in [0.29, 0.717) is 13.1 Å². The summed E-state index contributed by atoms with van der Waals surface area (Å²) in [4.78, 5) is 14.1. The van der Waals surface area contributed by atoms with Crippen molar-refractivity contribution in [2.45, 2.75) is 39.5 Å². The van der Waals surface area contributed by atoms with Gasteiger partial charge in [0.1, 0.15) is 5.60 Å². The highest BCUT2D eigenvalue weighted by Gasteiger charge is 2.29. The highest BCUT2D eigenvalue weighted by atomic mass is 79.9. The number of nitrogens with zero attached hydrogens (tertiary/aromatic N) is 1. The number of carbonyl (C=O) groups is 1. The van der Waals surface area contributed by atoms with Gasteiger partial charge in [-0.2, -0.15) is 0 Å². The van der Waals surface area contributed by atoms with Crippen molar-refractivity contribution in [2.24, 2.45) is 0 Å². The zero-order valence-electron chi connectivity index (χ0n) is 13.6. The quantitative estimate of drug-likeness (QED) is 0.672. The number of amides is 1. The van der Waals surface area contributed by atoms with Gasteiger partial charge in [0.2, 0.25) is 0 Å². The predicted octanol–water partition coefficient (Wildman–Crippen LogP) is 5.37. The first-order valence-electron chi connectivity index (χ1n) is 7.68. The van der Waals surface area contributed by atoms with Crippen molar-refractivity contribution in [1.29, 1.82) is 0 Å². The van der Waals surface area contributed by atoms with Crippen LogP contribution in [0.3, 0.4) is 0 Å². The molecule has 2 aromatic carbocycles. The van der Waals surface area contributed by atoms with Crippen LogP contribution in [-0.4, -0.2) is 16.6 Å². The van der Waals surface area contributed by atoms with Crippen molar-refractivity contribution >= 4 is 22.0 Å². The SMILES string of the molecule is CC(C)(C)OC(=O)N1Cc2cc(Br)cc(-c3ccccc3)c2C1. The first kappa shape index (κ1) is 16.1. The van der Waals surface area contributed by atoms with Crippen molar-refractivity contribution in [3.63, 3.8) is 0 Å². The third-order valence-electron chi connectivity index (χ3n) is 3.75. The van der Waals surface area contributed by atoms with Crippen LogP contribution in [0.1, 0.15) is 31.9 Å². The summed E-state index contributed by atoms with van der Waals surface area (Å²) < 4.78 is 6.53. The second-order valence-corrected chi connectivity index (χ2v) is 7.71. The summed E-state index contributed by atoms with van der Waals surface area (Å²) in [6.07, 6.45) is -0.260. The second-order valence-electron chi connectivity index (χ2n) is 6.79. The van der Waals surface area contributed by atoms with Gasteiger partial charge in [-0.05, 0) is 55.2 Å². The van der Waals surface area contributed by atoms with Crippen molar-refractivity contribution in [3.05, 3.63) is 58.1 Å². The molecule has 0 atom stereocenters. The van der Waals surface area contributed by atoms with Gasteiger partial charge in [-0.1, -0.05) is 46.3 Å². The predicted molar refractivity (Wildman–Crippen MR) is 95.1 cm³/mol. The van der Waals surface area contributed by atoms with Crippen molar-refractivity contribution in [2.75, 3.05) is 0 Å². The summed E-state index contributed by atoms with van der Waals surface area (Å²) in [5, 5.41) is 0. The lowest BCUT2D eigenvalue weighted by Crippen LogP contribution is -2.33. The Kier molecular flexibility index (Phi) is 4.19. The zero-order valence-corrected chi connectivity index (χ0v) is 15.2. The van der Waals surface area contributed by atoms with Gasteiger partial charge in [0.15, 0.2) is 0 Å². The molecular formula is C19H20BrNO2. The number of hydrogen-bond donors (Lipinski definition) is 0. The highest BCUT2D eigenvalue weighted by Crippen LogP contribution is 2.36. The van der Waals surface area contributed by atoms with Crippen LogP contribution in [-0.2, 0) is 17.8 Å². The lowest BCUT2D eigenvalue weighted by Gasteiger charge is -2.24. The summed E-state index contributed by atoms with van der Waals surface area (Å²) in [5.74, 6) is 0. The fraction of sp³-hybridized carbons (Fsp3) is 0.316. The van der Waals surface area contributed by atoms with Crippen LogP contribution in [0.25, 0.3) is 11.1 Å². The molecular weight excluding hydrogens is 354 g/mol. The van der Waals surface area contributed by atoms with Gasteiger partial charge in [-0.25, -0.2) is 4.79 Å². The number of hydrogen-bond acceptors (Lipinski definition) is 2.